The Labute approximate surface area is 221 Å². The van der Waals surface area contributed by atoms with Gasteiger partial charge in [-0.2, -0.15) is 13.9 Å². The van der Waals surface area contributed by atoms with Crippen molar-refractivity contribution in [3.63, 3.8) is 0 Å². The van der Waals surface area contributed by atoms with Crippen LogP contribution in [0, 0.1) is 0 Å². The summed E-state index contributed by atoms with van der Waals surface area (Å²) in [5.41, 5.74) is 9.40. The number of nitrogens with two attached hydrogens (primary N) is 1. The van der Waals surface area contributed by atoms with Gasteiger partial charge in [0.05, 0.1) is 17.3 Å². The zero-order chi connectivity index (χ0) is 28.8. The van der Waals surface area contributed by atoms with Gasteiger partial charge in [0.2, 0.25) is 5.95 Å². The third-order valence-electron chi connectivity index (χ3n) is 7.57. The van der Waals surface area contributed by atoms with Gasteiger partial charge in [-0.3, -0.25) is 4.79 Å². The van der Waals surface area contributed by atoms with Gasteiger partial charge in [0.25, 0.3) is 5.91 Å². The number of rotatable bonds is 4. The van der Waals surface area contributed by atoms with Crippen LogP contribution in [0.25, 0.3) is 16.6 Å². The van der Waals surface area contributed by atoms with Crippen LogP contribution in [0.3, 0.4) is 0 Å². The summed E-state index contributed by atoms with van der Waals surface area (Å²) >= 11 is 0. The van der Waals surface area contributed by atoms with E-state index in [-0.39, 0.29) is 28.8 Å². The number of hydrogen-bond acceptors (Lipinski definition) is 7. The fraction of sp³-hybridized carbons (Fsp3) is 0.333. The van der Waals surface area contributed by atoms with Crippen molar-refractivity contribution in [3.8, 4) is 16.9 Å². The Hall–Kier alpha value is -4.12. The fourth-order valence-corrected chi connectivity index (χ4v) is 5.97. The Morgan fingerprint density at radius 1 is 1.18 bits per heavy atom. The Morgan fingerprint density at radius 2 is 1.97 bits per heavy atom. The first kappa shape index (κ1) is 19.9. The number of carbonyl (C=O) groups is 1. The summed E-state index contributed by atoms with van der Waals surface area (Å²) in [6.07, 6.45) is 5.35. The van der Waals surface area contributed by atoms with E-state index in [0.717, 1.165) is 16.0 Å². The Morgan fingerprint density at radius 3 is 2.68 bits per heavy atom. The van der Waals surface area contributed by atoms with Crippen LogP contribution < -0.4 is 15.4 Å². The summed E-state index contributed by atoms with van der Waals surface area (Å²) in [6, 6.07) is 7.09. The van der Waals surface area contributed by atoms with E-state index in [1.807, 2.05) is 24.0 Å². The SMILES string of the molecule is [2H]C([2H])([2H])N1C(=O)c2cccc(OC(F)F)c2[C@H]2C[C@@H]1c1nn3ccc(-c4cnc(N5CC(C)(N)C5)nc4)cc3c12. The molecule has 9 nitrogen and oxygen atoms in total. The summed E-state index contributed by atoms with van der Waals surface area (Å²) in [5.74, 6) is -0.941. The van der Waals surface area contributed by atoms with E-state index in [4.69, 9.17) is 14.6 Å². The first-order valence-corrected chi connectivity index (χ1v) is 12.2. The molecule has 2 atom stereocenters. The Kier molecular flexibility index (Phi) is 4.16. The zero-order valence-electron chi connectivity index (χ0n) is 23.3. The lowest BCUT2D eigenvalue weighted by atomic mass is 9.88. The standard InChI is InChI=1S/C27H25F2N7O2/c1-27(30)12-35(13-27)26-31-10-15(11-32-26)14-6-7-36-18(8-14)22-17-9-19(23(22)33-36)34(2)24(37)16-4-3-5-20(21(16)17)38-25(28)29/h3-8,10-11,17,19,25H,9,12-13,30H2,1-2H3/t17-,19-/m1/s1/i2D3. The number of carbonyl (C=O) groups excluding carboxylic acids is 1. The van der Waals surface area contributed by atoms with Gasteiger partial charge in [-0.05, 0) is 43.2 Å². The minimum atomic E-state index is -3.12. The number of pyridine rings is 1. The number of ether oxygens (including phenoxy) is 1. The highest BCUT2D eigenvalue weighted by molar-refractivity contribution is 5.98. The lowest BCUT2D eigenvalue weighted by Gasteiger charge is -2.45. The van der Waals surface area contributed by atoms with Crippen molar-refractivity contribution in [2.24, 2.45) is 5.73 Å². The van der Waals surface area contributed by atoms with Crippen LogP contribution in [-0.2, 0) is 0 Å². The molecule has 3 aromatic heterocycles. The second-order valence-electron chi connectivity index (χ2n) is 10.4. The predicted molar refractivity (Wildman–Crippen MR) is 135 cm³/mol. The summed E-state index contributed by atoms with van der Waals surface area (Å²) in [7, 11) is 0. The monoisotopic (exact) mass is 520 g/mol. The number of amides is 1. The summed E-state index contributed by atoms with van der Waals surface area (Å²) in [4.78, 5) is 25.4. The number of nitrogens with zero attached hydrogens (tertiary/aromatic N) is 6. The topological polar surface area (TPSA) is 102 Å². The number of benzene rings is 1. The van der Waals surface area contributed by atoms with Crippen LogP contribution in [-0.4, -0.2) is 62.6 Å². The van der Waals surface area contributed by atoms with Gasteiger partial charge in [-0.1, -0.05) is 6.07 Å². The number of hydrogen-bond donors (Lipinski definition) is 1. The molecule has 2 bridgehead atoms. The second kappa shape index (κ2) is 7.94. The predicted octanol–water partition coefficient (Wildman–Crippen LogP) is 3.59. The van der Waals surface area contributed by atoms with Gasteiger partial charge < -0.3 is 20.3 Å². The molecular weight excluding hydrogens is 492 g/mol. The summed E-state index contributed by atoms with van der Waals surface area (Å²) in [5, 5.41) is 4.68. The normalized spacial score (nSPS) is 22.9. The minimum absolute atomic E-state index is 0.0245. The van der Waals surface area contributed by atoms with Gasteiger partial charge in [-0.25, -0.2) is 14.5 Å². The van der Waals surface area contributed by atoms with Crippen molar-refractivity contribution in [2.45, 2.75) is 37.5 Å². The van der Waals surface area contributed by atoms with Gasteiger partial charge in [0.15, 0.2) is 0 Å². The minimum Gasteiger partial charge on any atom is -0.434 e. The number of anilines is 1. The van der Waals surface area contributed by atoms with Crippen molar-refractivity contribution in [1.29, 1.82) is 0 Å². The third-order valence-corrected chi connectivity index (χ3v) is 7.57. The number of alkyl halides is 2. The molecule has 0 saturated carbocycles. The summed E-state index contributed by atoms with van der Waals surface area (Å²) in [6.45, 7) is -2.60. The molecule has 7 rings (SSSR count). The fourth-order valence-electron chi connectivity index (χ4n) is 5.97. The molecule has 2 N–H and O–H groups in total. The highest BCUT2D eigenvalue weighted by Crippen LogP contribution is 2.53. The first-order chi connectivity index (χ1) is 19.4. The Balaban J connectivity index is 1.36. The molecule has 0 unspecified atom stereocenters. The van der Waals surface area contributed by atoms with Gasteiger partial charge in [0.1, 0.15) is 5.75 Å². The maximum Gasteiger partial charge on any atom is 0.387 e. The van der Waals surface area contributed by atoms with E-state index < -0.39 is 31.5 Å². The lowest BCUT2D eigenvalue weighted by Crippen LogP contribution is -2.66. The smallest absolute Gasteiger partial charge is 0.387 e. The molecule has 1 aliphatic carbocycles. The van der Waals surface area contributed by atoms with Crippen LogP contribution in [0.2, 0.25) is 0 Å². The quantitative estimate of drug-likeness (QED) is 0.439. The van der Waals surface area contributed by atoms with Crippen molar-refractivity contribution < 1.29 is 22.4 Å². The molecular formula is C27H25F2N7O2. The van der Waals surface area contributed by atoms with E-state index in [1.54, 1.807) is 23.1 Å². The molecule has 1 amide bonds. The number of fused-ring (bicyclic) bond motifs is 9. The number of halogens is 2. The average molecular weight is 521 g/mol. The van der Waals surface area contributed by atoms with Crippen molar-refractivity contribution in [1.82, 2.24) is 24.5 Å². The largest absolute Gasteiger partial charge is 0.434 e. The molecule has 0 spiro atoms. The van der Waals surface area contributed by atoms with E-state index in [1.165, 1.54) is 18.2 Å². The summed E-state index contributed by atoms with van der Waals surface area (Å²) < 4.78 is 57.8. The van der Waals surface area contributed by atoms with Crippen molar-refractivity contribution in [3.05, 3.63) is 71.3 Å². The van der Waals surface area contributed by atoms with E-state index in [0.29, 0.717) is 35.8 Å². The molecule has 1 aromatic carbocycles. The third kappa shape index (κ3) is 3.38. The molecule has 3 aliphatic rings. The number of aromatic nitrogens is 4. The molecule has 194 valence electrons. The maximum atomic E-state index is 13.6. The molecule has 5 heterocycles. The molecule has 0 radical (unpaired) electrons. The van der Waals surface area contributed by atoms with Crippen molar-refractivity contribution >= 4 is 17.4 Å². The van der Waals surface area contributed by atoms with Crippen LogP contribution in [0.4, 0.5) is 14.7 Å². The van der Waals surface area contributed by atoms with Crippen LogP contribution in [0.1, 0.15) is 56.6 Å². The van der Waals surface area contributed by atoms with Gasteiger partial charge in [-0.15, -0.1) is 0 Å². The maximum absolute atomic E-state index is 13.6. The molecule has 38 heavy (non-hydrogen) atoms. The van der Waals surface area contributed by atoms with Crippen LogP contribution in [0.15, 0.2) is 48.9 Å². The molecule has 1 saturated heterocycles. The highest BCUT2D eigenvalue weighted by Gasteiger charge is 2.46. The Bertz CT molecular complexity index is 1700. The van der Waals surface area contributed by atoms with E-state index in [2.05, 4.69) is 15.1 Å². The molecule has 1 fully saturated rings. The average Bonchev–Trinajstić information content (AvgIpc) is 3.39. The first-order valence-electron chi connectivity index (χ1n) is 13.7. The van der Waals surface area contributed by atoms with Gasteiger partial charge >= 0.3 is 6.61 Å². The molecule has 2 aliphatic heterocycles. The van der Waals surface area contributed by atoms with Crippen LogP contribution >= 0.6 is 0 Å². The molecule has 11 heteroatoms. The van der Waals surface area contributed by atoms with Gasteiger partial charge in [0, 0.05) is 76.5 Å². The second-order valence-corrected chi connectivity index (χ2v) is 10.4. The zero-order valence-corrected chi connectivity index (χ0v) is 20.3. The van der Waals surface area contributed by atoms with Crippen LogP contribution in [0.5, 0.6) is 5.75 Å². The van der Waals surface area contributed by atoms with E-state index >= 15 is 0 Å². The molecule has 4 aromatic rings. The highest BCUT2D eigenvalue weighted by atomic mass is 19.3. The lowest BCUT2D eigenvalue weighted by molar-refractivity contribution is -0.0505. The van der Waals surface area contributed by atoms with Crippen molar-refractivity contribution in [2.75, 3.05) is 25.0 Å². The van der Waals surface area contributed by atoms with E-state index in [9.17, 15) is 13.6 Å².